The average Bonchev–Trinajstić information content (AvgIpc) is 3.03. The first-order valence-corrected chi connectivity index (χ1v) is 10.2. The number of aromatic hydroxyl groups is 1. The number of hydrogen-bond acceptors (Lipinski definition) is 2. The van der Waals surface area contributed by atoms with Crippen molar-refractivity contribution in [3.63, 3.8) is 0 Å². The Labute approximate surface area is 219 Å². The molecule has 0 bridgehead atoms. The molecule has 1 N–H and O–H groups in total. The summed E-state index contributed by atoms with van der Waals surface area (Å²) in [4.78, 5) is 12.8. The molecule has 0 saturated heterocycles. The Morgan fingerprint density at radius 2 is 1.53 bits per heavy atom. The molecular formula is C24H30N2O2WY-2. The van der Waals surface area contributed by atoms with E-state index in [-0.39, 0.29) is 65.2 Å². The maximum atomic E-state index is 12.8. The summed E-state index contributed by atoms with van der Waals surface area (Å²) in [5, 5.41) is 10.6. The second kappa shape index (κ2) is 14.2. The maximum absolute atomic E-state index is 12.8. The van der Waals surface area contributed by atoms with Gasteiger partial charge in [0.15, 0.2) is 0 Å². The third-order valence-electron chi connectivity index (χ3n) is 4.59. The van der Waals surface area contributed by atoms with Gasteiger partial charge in [-0.05, 0) is 12.8 Å². The van der Waals surface area contributed by atoms with Crippen LogP contribution in [0.15, 0.2) is 41.2 Å². The molecule has 0 amide bonds. The molecule has 0 fully saturated rings. The van der Waals surface area contributed by atoms with E-state index in [1.807, 2.05) is 71.0 Å². The fourth-order valence-electron chi connectivity index (χ4n) is 3.30. The van der Waals surface area contributed by atoms with Crippen LogP contribution in [0, 0.1) is 19.1 Å². The van der Waals surface area contributed by atoms with Crippen LogP contribution in [0.25, 0.3) is 22.3 Å². The molecule has 3 aromatic rings. The number of hydrogen-bond donors (Lipinski definition) is 1. The van der Waals surface area contributed by atoms with Gasteiger partial charge in [-0.15, -0.1) is 19.1 Å². The Morgan fingerprint density at radius 1 is 0.967 bits per heavy atom. The van der Waals surface area contributed by atoms with Crippen molar-refractivity contribution in [2.75, 3.05) is 0 Å². The Hall–Kier alpha value is -0.958. The monoisotopic (exact) mass is 651 g/mol. The zero-order valence-corrected chi connectivity index (χ0v) is 24.3. The largest absolute Gasteiger partial charge is 0.493 e. The van der Waals surface area contributed by atoms with Gasteiger partial charge in [0.2, 0.25) is 5.88 Å². The Kier molecular flexibility index (Phi) is 13.7. The fourth-order valence-corrected chi connectivity index (χ4v) is 3.30. The maximum Gasteiger partial charge on any atom is 0.275 e. The van der Waals surface area contributed by atoms with Crippen LogP contribution in [0.1, 0.15) is 46.1 Å². The quantitative estimate of drug-likeness (QED) is 0.376. The molecule has 4 nitrogen and oxygen atoms in total. The van der Waals surface area contributed by atoms with Crippen molar-refractivity contribution in [2.45, 2.75) is 60.5 Å². The van der Waals surface area contributed by atoms with Gasteiger partial charge in [0.1, 0.15) is 0 Å². The van der Waals surface area contributed by atoms with E-state index in [1.54, 1.807) is 9.36 Å². The molecule has 1 aliphatic rings. The van der Waals surface area contributed by atoms with Gasteiger partial charge in [0, 0.05) is 66.9 Å². The first-order valence-electron chi connectivity index (χ1n) is 10.2. The minimum atomic E-state index is -0.142. The number of aryl methyl sites for hydroxylation is 1. The summed E-state index contributed by atoms with van der Waals surface area (Å²) in [7, 11) is 0. The minimum absolute atomic E-state index is 0. The smallest absolute Gasteiger partial charge is 0.275 e. The van der Waals surface area contributed by atoms with E-state index in [1.165, 1.54) is 0 Å². The normalized spacial score (nSPS) is 11.4. The van der Waals surface area contributed by atoms with E-state index in [0.29, 0.717) is 24.2 Å². The van der Waals surface area contributed by atoms with Gasteiger partial charge in [-0.1, -0.05) is 45.9 Å². The van der Waals surface area contributed by atoms with E-state index >= 15 is 0 Å². The van der Waals surface area contributed by atoms with Crippen LogP contribution in [0.3, 0.4) is 0 Å². The fraction of sp³-hybridized carbons (Fsp3) is 0.375. The Morgan fingerprint density at radius 3 is 2.10 bits per heavy atom. The number of fused-ring (bicyclic) bond motifs is 1. The van der Waals surface area contributed by atoms with Gasteiger partial charge in [-0.25, -0.2) is 16.3 Å². The Bertz CT molecular complexity index is 965. The second-order valence-electron chi connectivity index (χ2n) is 6.17. The average molecular weight is 651 g/mol. The molecule has 159 valence electrons. The first kappa shape index (κ1) is 29.0. The standard InChI is InChI=1S/C20H18N2O2.2C2H6.W.Y/c1-14-9-10-16(15-7-3-2-4-8-15)13-17(14)18-19(23)21-11-5-6-12-22(21)20(18)24;2*1-2;;/h2-4,7-9,23H,5-6,11-12H2,1H3;2*1-2H3;;/q-2;;;;. The van der Waals surface area contributed by atoms with E-state index in [2.05, 4.69) is 12.1 Å². The second-order valence-corrected chi connectivity index (χ2v) is 6.17. The van der Waals surface area contributed by atoms with Crippen molar-refractivity contribution in [1.82, 2.24) is 9.36 Å². The molecule has 2 aromatic carbocycles. The van der Waals surface area contributed by atoms with Gasteiger partial charge in [-0.3, -0.25) is 27.2 Å². The molecule has 0 spiro atoms. The molecule has 1 aromatic heterocycles. The van der Waals surface area contributed by atoms with Crippen LogP contribution < -0.4 is 5.56 Å². The summed E-state index contributed by atoms with van der Waals surface area (Å²) in [6.07, 6.45) is 1.94. The van der Waals surface area contributed by atoms with Gasteiger partial charge in [0.05, 0.1) is 5.56 Å². The molecule has 1 aliphatic heterocycles. The zero-order valence-electron chi connectivity index (χ0n) is 18.5. The summed E-state index contributed by atoms with van der Waals surface area (Å²) in [6.45, 7) is 11.2. The van der Waals surface area contributed by atoms with Crippen molar-refractivity contribution >= 4 is 0 Å². The molecule has 1 radical (unpaired) electrons. The van der Waals surface area contributed by atoms with Crippen molar-refractivity contribution in [1.29, 1.82) is 0 Å². The van der Waals surface area contributed by atoms with Crippen molar-refractivity contribution in [2.24, 2.45) is 0 Å². The van der Waals surface area contributed by atoms with Crippen molar-refractivity contribution in [3.05, 3.63) is 64.4 Å². The SMILES string of the molecule is CC.CC.Cc1c[c-]c(-c2ccccc2)[c-]c1-c1c(O)n2n(c1=O)CCCC2.[W].[Y]. The number of aromatic nitrogens is 2. The predicted octanol–water partition coefficient (Wildman–Crippen LogP) is 5.44. The topological polar surface area (TPSA) is 47.2 Å². The molecule has 4 rings (SSSR count). The summed E-state index contributed by atoms with van der Waals surface area (Å²) in [5.41, 5.74) is 3.53. The van der Waals surface area contributed by atoms with E-state index in [0.717, 1.165) is 29.5 Å². The molecule has 0 aliphatic carbocycles. The van der Waals surface area contributed by atoms with E-state index in [9.17, 15) is 9.90 Å². The molecule has 0 unspecified atom stereocenters. The van der Waals surface area contributed by atoms with Crippen LogP contribution in [-0.4, -0.2) is 14.5 Å². The molecule has 30 heavy (non-hydrogen) atoms. The molecule has 0 saturated carbocycles. The van der Waals surface area contributed by atoms with Gasteiger partial charge in [0.25, 0.3) is 5.56 Å². The summed E-state index contributed by atoms with van der Waals surface area (Å²) >= 11 is 0. The van der Waals surface area contributed by atoms with Crippen LogP contribution in [0.4, 0.5) is 0 Å². The summed E-state index contributed by atoms with van der Waals surface area (Å²) in [5.74, 6) is 0.0456. The van der Waals surface area contributed by atoms with Crippen LogP contribution >= 0.6 is 0 Å². The number of nitrogens with zero attached hydrogens (tertiary/aromatic N) is 2. The predicted molar refractivity (Wildman–Crippen MR) is 116 cm³/mol. The molecule has 6 heteroatoms. The summed E-state index contributed by atoms with van der Waals surface area (Å²) < 4.78 is 3.33. The third kappa shape index (κ3) is 6.05. The Balaban J connectivity index is 0.00000133. The molecular weight excluding hydrogens is 621 g/mol. The first-order chi connectivity index (χ1) is 13.7. The van der Waals surface area contributed by atoms with Gasteiger partial charge >= 0.3 is 0 Å². The van der Waals surface area contributed by atoms with Gasteiger partial charge in [-0.2, -0.15) is 11.1 Å². The van der Waals surface area contributed by atoms with Crippen LogP contribution in [0.2, 0.25) is 0 Å². The third-order valence-corrected chi connectivity index (χ3v) is 4.59. The number of rotatable bonds is 2. The van der Waals surface area contributed by atoms with Crippen molar-refractivity contribution in [3.8, 4) is 28.1 Å². The summed E-state index contributed by atoms with van der Waals surface area (Å²) in [6, 6.07) is 18.2. The van der Waals surface area contributed by atoms with Gasteiger partial charge < -0.3 is 5.11 Å². The number of benzene rings is 2. The van der Waals surface area contributed by atoms with Crippen LogP contribution in [0.5, 0.6) is 5.88 Å². The zero-order chi connectivity index (χ0) is 20.7. The van der Waals surface area contributed by atoms with Crippen molar-refractivity contribution < 1.29 is 58.9 Å². The molecule has 0 atom stereocenters. The van der Waals surface area contributed by atoms with Crippen LogP contribution in [-0.2, 0) is 66.9 Å². The van der Waals surface area contributed by atoms with E-state index < -0.39 is 0 Å². The minimum Gasteiger partial charge on any atom is -0.493 e. The molecule has 2 heterocycles. The van der Waals surface area contributed by atoms with E-state index in [4.69, 9.17) is 0 Å².